The predicted octanol–water partition coefficient (Wildman–Crippen LogP) is 10.7. The van der Waals surface area contributed by atoms with Gasteiger partial charge in [0.2, 0.25) is 0 Å². The van der Waals surface area contributed by atoms with Crippen molar-refractivity contribution in [1.29, 1.82) is 0 Å². The van der Waals surface area contributed by atoms with Crippen LogP contribution in [0.5, 0.6) is 0 Å². The van der Waals surface area contributed by atoms with Crippen molar-refractivity contribution in [3.63, 3.8) is 0 Å². The summed E-state index contributed by atoms with van der Waals surface area (Å²) in [4.78, 5) is 61.1. The zero-order valence-corrected chi connectivity index (χ0v) is 38.5. The molecule has 0 aliphatic rings. The van der Waals surface area contributed by atoms with Gasteiger partial charge in [0.1, 0.15) is 0 Å². The third kappa shape index (κ3) is 20.6. The predicted molar refractivity (Wildman–Crippen MR) is 247 cm³/mol. The maximum atomic E-state index is 13.3. The van der Waals surface area contributed by atoms with Crippen LogP contribution in [0.2, 0.25) is 0 Å². The van der Waals surface area contributed by atoms with Gasteiger partial charge in [-0.2, -0.15) is 11.5 Å². The second kappa shape index (κ2) is 30.8. The fourth-order valence-electron chi connectivity index (χ4n) is 6.73. The van der Waals surface area contributed by atoms with E-state index in [4.69, 9.17) is 10.2 Å². The Morgan fingerprint density at radius 3 is 1.74 bits per heavy atom. The quantitative estimate of drug-likeness (QED) is 0.0229. The van der Waals surface area contributed by atoms with Crippen LogP contribution < -0.4 is 16.1 Å². The summed E-state index contributed by atoms with van der Waals surface area (Å²) < 4.78 is 0. The first-order valence-corrected chi connectivity index (χ1v) is 21.9. The van der Waals surface area contributed by atoms with E-state index < -0.39 is 29.5 Å². The zero-order chi connectivity index (χ0) is 45.2. The molecule has 3 aromatic carbocycles. The van der Waals surface area contributed by atoms with Gasteiger partial charge in [0.15, 0.2) is 5.91 Å². The van der Waals surface area contributed by atoms with Crippen LogP contribution in [0.15, 0.2) is 84.0 Å². The van der Waals surface area contributed by atoms with Gasteiger partial charge in [-0.3, -0.25) is 15.0 Å². The fraction of sp³-hybridized carbons (Fsp3) is 0.469. The van der Waals surface area contributed by atoms with Gasteiger partial charge in [0.05, 0.1) is 11.6 Å². The van der Waals surface area contributed by atoms with E-state index in [0.29, 0.717) is 40.4 Å². The minimum Gasteiger partial charge on any atom is -0.476 e. The molecule has 3 aromatic rings. The van der Waals surface area contributed by atoms with Crippen LogP contribution in [0.25, 0.3) is 0 Å². The number of carboxylic acids is 2. The van der Waals surface area contributed by atoms with Crippen molar-refractivity contribution in [3.05, 3.63) is 103 Å². The van der Waals surface area contributed by atoms with E-state index in [9.17, 15) is 24.0 Å². The maximum absolute atomic E-state index is 13.3. The van der Waals surface area contributed by atoms with Crippen LogP contribution in [0, 0.1) is 31.1 Å². The summed E-state index contributed by atoms with van der Waals surface area (Å²) in [6.45, 7) is 18.5. The van der Waals surface area contributed by atoms with Gasteiger partial charge in [-0.1, -0.05) is 129 Å². The smallest absolute Gasteiger partial charge is 0.476 e. The zero-order valence-electron chi connectivity index (χ0n) is 37.5. The van der Waals surface area contributed by atoms with Crippen LogP contribution in [-0.4, -0.2) is 63.6 Å². The van der Waals surface area contributed by atoms with Crippen molar-refractivity contribution in [3.8, 4) is 0 Å². The molecule has 62 heavy (non-hydrogen) atoms. The third-order valence-electron chi connectivity index (χ3n) is 10.6. The van der Waals surface area contributed by atoms with Gasteiger partial charge in [0, 0.05) is 30.0 Å². The van der Waals surface area contributed by atoms with Gasteiger partial charge in [-0.25, -0.2) is 9.59 Å². The molecule has 0 aromatic heterocycles. The topological polar surface area (TPSA) is 177 Å². The molecule has 0 spiro atoms. The summed E-state index contributed by atoms with van der Waals surface area (Å²) in [5, 5.41) is 26.2. The number of aliphatic carboxylic acids is 2. The molecule has 3 amide bonds. The van der Waals surface area contributed by atoms with E-state index in [2.05, 4.69) is 97.9 Å². The normalized spacial score (nSPS) is 12.4. The number of anilines is 3. The summed E-state index contributed by atoms with van der Waals surface area (Å²) >= 11 is 0. The van der Waals surface area contributed by atoms with Crippen LogP contribution in [0.3, 0.4) is 0 Å². The molecule has 12 nitrogen and oxygen atoms in total. The first-order chi connectivity index (χ1) is 29.3. The number of hydrazone groups is 1. The SMILES string of the molecule is CCCCC(CC)CN(CC(CC)CCCC)C(=O)[CH-]CCC(CC)c1ccccc1.[CH2-]C(C)C(=O)Nc1cccc(NC(=O)c2ccc(NN=C(C(=O)O)C(=O)O)cc2)c1.[Co+2]. The van der Waals surface area contributed by atoms with E-state index >= 15 is 0 Å². The number of unbranched alkanes of at least 4 members (excludes halogenated alkanes) is 2. The second-order valence-electron chi connectivity index (χ2n) is 15.6. The summed E-state index contributed by atoms with van der Waals surface area (Å²) in [7, 11) is 0. The van der Waals surface area contributed by atoms with E-state index in [0.717, 1.165) is 32.4 Å². The number of carbonyl (C=O) groups excluding carboxylic acids is 3. The molecule has 4 unspecified atom stereocenters. The maximum Gasteiger partial charge on any atom is 2.00 e. The Morgan fingerprint density at radius 1 is 0.710 bits per heavy atom. The molecular weight excluding hydrogens is 830 g/mol. The minimum absolute atomic E-state index is 0. The molecular formula is C49H69CoN5O7. The molecule has 0 aliphatic carbocycles. The number of amides is 3. The number of carbonyl (C=O) groups is 5. The summed E-state index contributed by atoms with van der Waals surface area (Å²) in [6, 6.07) is 23.2. The Labute approximate surface area is 380 Å². The second-order valence-corrected chi connectivity index (χ2v) is 15.6. The molecule has 0 aliphatic heterocycles. The Bertz CT molecular complexity index is 1790. The Hall–Kier alpha value is -5.14. The number of nitrogens with zero attached hydrogens (tertiary/aromatic N) is 2. The largest absolute Gasteiger partial charge is 2.00 e. The average Bonchev–Trinajstić information content (AvgIpc) is 3.25. The van der Waals surface area contributed by atoms with Crippen molar-refractivity contribution in [2.75, 3.05) is 29.1 Å². The van der Waals surface area contributed by atoms with E-state index in [1.165, 1.54) is 81.2 Å². The summed E-state index contributed by atoms with van der Waals surface area (Å²) in [6.07, 6.45) is 14.9. The van der Waals surface area contributed by atoms with Crippen molar-refractivity contribution >= 4 is 52.4 Å². The Morgan fingerprint density at radius 2 is 1.26 bits per heavy atom. The van der Waals surface area contributed by atoms with Gasteiger partial charge in [0.25, 0.3) is 11.6 Å². The molecule has 0 bridgehead atoms. The number of carboxylic acid groups (broad SMARTS) is 2. The van der Waals surface area contributed by atoms with Crippen molar-refractivity contribution in [2.24, 2.45) is 22.9 Å². The van der Waals surface area contributed by atoms with Crippen molar-refractivity contribution < 1.29 is 51.0 Å². The molecule has 0 saturated carbocycles. The van der Waals surface area contributed by atoms with Crippen LogP contribution >= 0.6 is 0 Å². The molecule has 3 rings (SSSR count). The van der Waals surface area contributed by atoms with E-state index in [1.807, 2.05) is 6.42 Å². The molecule has 0 heterocycles. The van der Waals surface area contributed by atoms with E-state index in [-0.39, 0.29) is 28.6 Å². The Balaban J connectivity index is 0.000000610. The van der Waals surface area contributed by atoms with Crippen LogP contribution in [-0.2, 0) is 36.0 Å². The number of nitrogens with one attached hydrogen (secondary N) is 3. The minimum atomic E-state index is -1.69. The van der Waals surface area contributed by atoms with Gasteiger partial charge in [-0.15, -0.1) is 0 Å². The van der Waals surface area contributed by atoms with Gasteiger partial charge < -0.3 is 43.9 Å². The summed E-state index contributed by atoms with van der Waals surface area (Å²) in [5.74, 6) is -2.39. The summed E-state index contributed by atoms with van der Waals surface area (Å²) in [5.41, 5.74) is 4.20. The molecule has 13 heteroatoms. The van der Waals surface area contributed by atoms with Gasteiger partial charge >= 0.3 is 28.7 Å². The molecule has 0 fully saturated rings. The number of hydrogen-bond acceptors (Lipinski definition) is 7. The molecule has 5 N–H and O–H groups in total. The van der Waals surface area contributed by atoms with Crippen LogP contribution in [0.1, 0.15) is 134 Å². The molecule has 4 atom stereocenters. The van der Waals surface area contributed by atoms with Crippen molar-refractivity contribution in [1.82, 2.24) is 4.90 Å². The molecule has 0 saturated heterocycles. The number of benzene rings is 3. The number of rotatable bonds is 26. The van der Waals surface area contributed by atoms with E-state index in [1.54, 1.807) is 31.2 Å². The fourth-order valence-corrected chi connectivity index (χ4v) is 6.73. The van der Waals surface area contributed by atoms with Crippen LogP contribution in [0.4, 0.5) is 17.1 Å². The van der Waals surface area contributed by atoms with Crippen molar-refractivity contribution in [2.45, 2.75) is 118 Å². The first kappa shape index (κ1) is 54.9. The number of hydrogen-bond donors (Lipinski definition) is 5. The molecule has 341 valence electrons. The Kier molecular flexibility index (Phi) is 27.3. The monoisotopic (exact) mass is 898 g/mol. The molecule has 1 radical (unpaired) electrons. The average molecular weight is 899 g/mol. The van der Waals surface area contributed by atoms with Gasteiger partial charge in [-0.05, 0) is 85.0 Å². The first-order valence-electron chi connectivity index (χ1n) is 21.9. The standard InChI is InChI=1S/C29H50NO.C20H19N4O6.Co/c1-6-11-17-25(8-3)23-30(24-26(9-4)18-12-7-2)29(31)22-16-21-27(10-5)28-19-14-13-15-20-28;1-11(2)17(25)21-14-4-3-5-15(10-14)22-18(26)12-6-8-13(9-7-12)23-24-16(19(27)28)20(29)30;/h13-15,19-20,22,25-27H,6-12,16-18,21,23-24H2,1-5H3;3-11,23H,1H2,2H3,(H,21,25)(H,22,26)(H,27,28)(H,29,30);/q2*-1;+2. The third-order valence-corrected chi connectivity index (χ3v) is 10.6.